The number of nitrogens with one attached hydrogen (secondary N) is 2. The third-order valence-corrected chi connectivity index (χ3v) is 3.36. The van der Waals surface area contributed by atoms with Crippen molar-refractivity contribution in [1.29, 1.82) is 0 Å². The third kappa shape index (κ3) is 2.60. The van der Waals surface area contributed by atoms with E-state index in [1.54, 1.807) is 24.4 Å². The molecule has 106 valence electrons. The van der Waals surface area contributed by atoms with Crippen LogP contribution in [0.15, 0.2) is 42.6 Å². The zero-order valence-electron chi connectivity index (χ0n) is 10.6. The number of benzene rings is 2. The normalized spacial score (nSPS) is 10.8. The summed E-state index contributed by atoms with van der Waals surface area (Å²) in [7, 11) is 0. The molecule has 21 heavy (non-hydrogen) atoms. The molecule has 0 spiro atoms. The Labute approximate surface area is 123 Å². The molecule has 3 rings (SSSR count). The minimum Gasteiger partial charge on any atom is -0.361 e. The minimum atomic E-state index is -0.922. The summed E-state index contributed by atoms with van der Waals surface area (Å²) in [5, 5.41) is 3.12. The molecule has 0 unspecified atom stereocenters. The van der Waals surface area contributed by atoms with Crippen molar-refractivity contribution < 1.29 is 13.6 Å². The highest BCUT2D eigenvalue weighted by molar-refractivity contribution is 6.34. The Hall–Kier alpha value is -2.40. The molecule has 1 heterocycles. The second-order valence-corrected chi connectivity index (χ2v) is 4.89. The van der Waals surface area contributed by atoms with Gasteiger partial charge in [0.25, 0.3) is 5.91 Å². The summed E-state index contributed by atoms with van der Waals surface area (Å²) >= 11 is 5.74. The van der Waals surface area contributed by atoms with Crippen LogP contribution in [-0.4, -0.2) is 10.9 Å². The van der Waals surface area contributed by atoms with E-state index in [-0.39, 0.29) is 10.7 Å². The molecular formula is C15H9ClF2N2O. The van der Waals surface area contributed by atoms with Crippen molar-refractivity contribution in [2.45, 2.75) is 0 Å². The lowest BCUT2D eigenvalue weighted by atomic mass is 10.1. The number of rotatable bonds is 2. The van der Waals surface area contributed by atoms with Gasteiger partial charge in [-0.15, -0.1) is 0 Å². The number of H-pyrrole nitrogens is 1. The fourth-order valence-electron chi connectivity index (χ4n) is 2.04. The van der Waals surface area contributed by atoms with Crippen molar-refractivity contribution in [2.24, 2.45) is 0 Å². The number of carbonyl (C=O) groups excluding carboxylic acids is 1. The molecule has 0 saturated heterocycles. The van der Waals surface area contributed by atoms with Crippen LogP contribution >= 0.6 is 11.6 Å². The zero-order valence-corrected chi connectivity index (χ0v) is 11.3. The minimum absolute atomic E-state index is 0.193. The molecule has 0 aliphatic rings. The van der Waals surface area contributed by atoms with Crippen molar-refractivity contribution in [2.75, 3.05) is 5.32 Å². The maximum Gasteiger partial charge on any atom is 0.255 e. The SMILES string of the molecule is O=C(Nc1c(F)cc(F)cc1Cl)c1ccc2cc[nH]c2c1. The summed E-state index contributed by atoms with van der Waals surface area (Å²) in [6.45, 7) is 0. The Kier molecular flexibility index (Phi) is 3.35. The van der Waals surface area contributed by atoms with Crippen LogP contribution in [0.5, 0.6) is 0 Å². The van der Waals surface area contributed by atoms with Crippen molar-refractivity contribution >= 4 is 34.1 Å². The van der Waals surface area contributed by atoms with Crippen LogP contribution in [0.25, 0.3) is 10.9 Å². The molecule has 0 atom stereocenters. The van der Waals surface area contributed by atoms with Crippen LogP contribution in [0.3, 0.4) is 0 Å². The molecule has 0 aliphatic carbocycles. The summed E-state index contributed by atoms with van der Waals surface area (Å²) in [5.41, 5.74) is 0.882. The highest BCUT2D eigenvalue weighted by Crippen LogP contribution is 2.27. The molecule has 0 saturated carbocycles. The highest BCUT2D eigenvalue weighted by atomic mass is 35.5. The number of anilines is 1. The molecule has 0 aliphatic heterocycles. The molecule has 2 aromatic carbocycles. The maximum atomic E-state index is 13.6. The Bertz CT molecular complexity index is 822. The number of amides is 1. The first-order valence-corrected chi connectivity index (χ1v) is 6.45. The fraction of sp³-hybridized carbons (Fsp3) is 0. The van der Waals surface area contributed by atoms with Gasteiger partial charge in [-0.25, -0.2) is 8.78 Å². The van der Waals surface area contributed by atoms with E-state index in [0.29, 0.717) is 11.6 Å². The molecule has 6 heteroatoms. The Morgan fingerprint density at radius 2 is 1.95 bits per heavy atom. The van der Waals surface area contributed by atoms with E-state index in [4.69, 9.17) is 11.6 Å². The zero-order chi connectivity index (χ0) is 15.0. The Morgan fingerprint density at radius 1 is 1.14 bits per heavy atom. The van der Waals surface area contributed by atoms with Crippen LogP contribution in [0.1, 0.15) is 10.4 Å². The lowest BCUT2D eigenvalue weighted by Gasteiger charge is -2.08. The van der Waals surface area contributed by atoms with E-state index < -0.39 is 17.5 Å². The van der Waals surface area contributed by atoms with Crippen molar-refractivity contribution in [3.05, 3.63) is 64.8 Å². The van der Waals surface area contributed by atoms with Gasteiger partial charge < -0.3 is 10.3 Å². The van der Waals surface area contributed by atoms with Gasteiger partial charge in [0.15, 0.2) is 5.82 Å². The summed E-state index contributed by atoms with van der Waals surface area (Å²) in [6.07, 6.45) is 1.75. The number of fused-ring (bicyclic) bond motifs is 1. The molecule has 1 amide bonds. The van der Waals surface area contributed by atoms with Gasteiger partial charge in [-0.05, 0) is 29.7 Å². The number of halogens is 3. The van der Waals surface area contributed by atoms with Gasteiger partial charge in [0.2, 0.25) is 0 Å². The highest BCUT2D eigenvalue weighted by Gasteiger charge is 2.14. The van der Waals surface area contributed by atoms with Gasteiger partial charge in [-0.3, -0.25) is 4.79 Å². The van der Waals surface area contributed by atoms with E-state index in [2.05, 4.69) is 10.3 Å². The second-order valence-electron chi connectivity index (χ2n) is 4.48. The predicted octanol–water partition coefficient (Wildman–Crippen LogP) is 4.35. The molecule has 1 aromatic heterocycles. The van der Waals surface area contributed by atoms with E-state index >= 15 is 0 Å². The molecule has 3 nitrogen and oxygen atoms in total. The molecular weight excluding hydrogens is 298 g/mol. The van der Waals surface area contributed by atoms with Gasteiger partial charge in [0.1, 0.15) is 5.82 Å². The van der Waals surface area contributed by atoms with Gasteiger partial charge >= 0.3 is 0 Å². The lowest BCUT2D eigenvalue weighted by Crippen LogP contribution is -2.13. The third-order valence-electron chi connectivity index (χ3n) is 3.06. The summed E-state index contributed by atoms with van der Waals surface area (Å²) in [4.78, 5) is 15.1. The average molecular weight is 307 g/mol. The number of hydrogen-bond acceptors (Lipinski definition) is 1. The van der Waals surface area contributed by atoms with Crippen LogP contribution < -0.4 is 5.32 Å². The fourth-order valence-corrected chi connectivity index (χ4v) is 2.28. The Morgan fingerprint density at radius 3 is 2.71 bits per heavy atom. The van der Waals surface area contributed by atoms with Crippen LogP contribution in [0.4, 0.5) is 14.5 Å². The first kappa shape index (κ1) is 13.6. The molecule has 0 bridgehead atoms. The summed E-state index contributed by atoms with van der Waals surface area (Å²) < 4.78 is 26.6. The average Bonchev–Trinajstić information content (AvgIpc) is 2.89. The standard InChI is InChI=1S/C15H9ClF2N2O/c16-11-6-10(17)7-12(18)14(11)20-15(21)9-2-1-8-3-4-19-13(8)5-9/h1-7,19H,(H,20,21). The summed E-state index contributed by atoms with van der Waals surface area (Å²) in [5.74, 6) is -2.25. The Balaban J connectivity index is 1.92. The first-order chi connectivity index (χ1) is 10.0. The quantitative estimate of drug-likeness (QED) is 0.726. The van der Waals surface area contributed by atoms with Crippen molar-refractivity contribution in [3.8, 4) is 0 Å². The molecule has 3 aromatic rings. The van der Waals surface area contributed by atoms with Crippen molar-refractivity contribution in [1.82, 2.24) is 4.98 Å². The topological polar surface area (TPSA) is 44.9 Å². The lowest BCUT2D eigenvalue weighted by molar-refractivity contribution is 0.102. The number of hydrogen-bond donors (Lipinski definition) is 2. The van der Waals surface area contributed by atoms with Gasteiger partial charge in [0.05, 0.1) is 10.7 Å². The van der Waals surface area contributed by atoms with Gasteiger partial charge in [-0.2, -0.15) is 0 Å². The van der Waals surface area contributed by atoms with Crippen LogP contribution in [-0.2, 0) is 0 Å². The molecule has 2 N–H and O–H groups in total. The molecule has 0 fully saturated rings. The van der Waals surface area contributed by atoms with E-state index in [1.165, 1.54) is 0 Å². The van der Waals surface area contributed by atoms with Gasteiger partial charge in [0, 0.05) is 23.3 Å². The second kappa shape index (κ2) is 5.18. The monoisotopic (exact) mass is 306 g/mol. The smallest absolute Gasteiger partial charge is 0.255 e. The predicted molar refractivity (Wildman–Crippen MR) is 77.6 cm³/mol. The number of carbonyl (C=O) groups is 1. The maximum absolute atomic E-state index is 13.6. The molecule has 0 radical (unpaired) electrons. The number of aromatic nitrogens is 1. The number of aromatic amines is 1. The van der Waals surface area contributed by atoms with Crippen molar-refractivity contribution in [3.63, 3.8) is 0 Å². The van der Waals surface area contributed by atoms with Gasteiger partial charge in [-0.1, -0.05) is 17.7 Å². The van der Waals surface area contributed by atoms with Crippen LogP contribution in [0, 0.1) is 11.6 Å². The summed E-state index contributed by atoms with van der Waals surface area (Å²) in [6, 6.07) is 8.49. The van der Waals surface area contributed by atoms with E-state index in [0.717, 1.165) is 17.0 Å². The van der Waals surface area contributed by atoms with E-state index in [9.17, 15) is 13.6 Å². The largest absolute Gasteiger partial charge is 0.361 e. The van der Waals surface area contributed by atoms with Crippen LogP contribution in [0.2, 0.25) is 5.02 Å². The first-order valence-electron chi connectivity index (χ1n) is 6.07. The van der Waals surface area contributed by atoms with E-state index in [1.807, 2.05) is 6.07 Å².